The van der Waals surface area contributed by atoms with E-state index in [2.05, 4.69) is 30.8 Å². The Morgan fingerprint density at radius 3 is 2.14 bits per heavy atom. The molecule has 108 valence electrons. The van der Waals surface area contributed by atoms with Crippen LogP contribution in [0.25, 0.3) is 0 Å². The van der Waals surface area contributed by atoms with E-state index in [0.29, 0.717) is 0 Å². The Hall–Kier alpha value is -2.12. The number of benzene rings is 2. The second-order valence-corrected chi connectivity index (χ2v) is 5.25. The van der Waals surface area contributed by atoms with E-state index < -0.39 is 0 Å². The highest BCUT2D eigenvalue weighted by Crippen LogP contribution is 2.30. The first-order valence-corrected chi connectivity index (χ1v) is 7.27. The summed E-state index contributed by atoms with van der Waals surface area (Å²) in [5, 5.41) is 9.58. The van der Waals surface area contributed by atoms with Crippen molar-refractivity contribution in [3.8, 4) is 0 Å². The maximum atomic E-state index is 9.58. The maximum absolute atomic E-state index is 9.58. The van der Waals surface area contributed by atoms with E-state index >= 15 is 0 Å². The van der Waals surface area contributed by atoms with Crippen LogP contribution in [0, 0.1) is 0 Å². The van der Waals surface area contributed by atoms with Crippen LogP contribution < -0.4 is 0 Å². The molecular weight excluding hydrogens is 256 g/mol. The zero-order valence-electron chi connectivity index (χ0n) is 12.5. The standard InChI is InChI=1S/C20H22O/c1-3-19(18-12-8-5-9-13-18)20(16(2)15-21)14-17-10-6-4-7-11-17/h3-13,19,21H,1,14-15H2,2H3/b20-16+. The zero-order valence-corrected chi connectivity index (χ0v) is 12.5. The minimum Gasteiger partial charge on any atom is -0.392 e. The summed E-state index contributed by atoms with van der Waals surface area (Å²) >= 11 is 0. The van der Waals surface area contributed by atoms with Crippen molar-refractivity contribution in [2.24, 2.45) is 0 Å². The Labute approximate surface area is 127 Å². The molecule has 0 saturated heterocycles. The predicted octanol–water partition coefficient (Wildman–Crippen LogP) is 4.51. The molecule has 0 bridgehead atoms. The summed E-state index contributed by atoms with van der Waals surface area (Å²) in [6, 6.07) is 20.7. The molecule has 1 N–H and O–H groups in total. The van der Waals surface area contributed by atoms with Gasteiger partial charge in [0.25, 0.3) is 0 Å². The Morgan fingerprint density at radius 2 is 1.62 bits per heavy atom. The molecule has 0 heterocycles. The summed E-state index contributed by atoms with van der Waals surface area (Å²) in [6.45, 7) is 6.08. The third kappa shape index (κ3) is 3.93. The molecule has 0 fully saturated rings. The van der Waals surface area contributed by atoms with E-state index in [1.165, 1.54) is 16.7 Å². The lowest BCUT2D eigenvalue weighted by Gasteiger charge is -2.20. The Morgan fingerprint density at radius 1 is 1.05 bits per heavy atom. The number of aliphatic hydroxyl groups excluding tert-OH is 1. The maximum Gasteiger partial charge on any atom is 0.0642 e. The molecule has 0 aliphatic carbocycles. The number of hydrogen-bond acceptors (Lipinski definition) is 1. The molecule has 0 aliphatic heterocycles. The van der Waals surface area contributed by atoms with E-state index in [9.17, 15) is 5.11 Å². The van der Waals surface area contributed by atoms with E-state index in [1.54, 1.807) is 0 Å². The lowest BCUT2D eigenvalue weighted by molar-refractivity contribution is 0.329. The second kappa shape index (κ2) is 7.61. The van der Waals surface area contributed by atoms with Crippen molar-refractivity contribution in [2.75, 3.05) is 6.61 Å². The fourth-order valence-corrected chi connectivity index (χ4v) is 2.58. The zero-order chi connectivity index (χ0) is 15.1. The monoisotopic (exact) mass is 278 g/mol. The van der Waals surface area contributed by atoms with Crippen LogP contribution in [0.15, 0.2) is 84.5 Å². The van der Waals surface area contributed by atoms with Crippen molar-refractivity contribution in [2.45, 2.75) is 19.3 Å². The van der Waals surface area contributed by atoms with E-state index in [0.717, 1.165) is 12.0 Å². The Bertz CT molecular complexity index is 596. The first-order valence-electron chi connectivity index (χ1n) is 7.27. The molecule has 0 saturated carbocycles. The van der Waals surface area contributed by atoms with Gasteiger partial charge in [-0.05, 0) is 30.0 Å². The van der Waals surface area contributed by atoms with Gasteiger partial charge in [0.05, 0.1) is 6.61 Å². The highest BCUT2D eigenvalue weighted by molar-refractivity contribution is 5.38. The average molecular weight is 278 g/mol. The van der Waals surface area contributed by atoms with Crippen LogP contribution in [0.1, 0.15) is 24.0 Å². The minimum atomic E-state index is 0.0827. The molecule has 1 unspecified atom stereocenters. The van der Waals surface area contributed by atoms with Gasteiger partial charge in [-0.25, -0.2) is 0 Å². The van der Waals surface area contributed by atoms with Crippen molar-refractivity contribution in [3.63, 3.8) is 0 Å². The highest BCUT2D eigenvalue weighted by atomic mass is 16.3. The quantitative estimate of drug-likeness (QED) is 0.771. The normalized spacial score (nSPS) is 13.4. The minimum absolute atomic E-state index is 0.0827. The van der Waals surface area contributed by atoms with Gasteiger partial charge in [0, 0.05) is 5.92 Å². The molecule has 1 nitrogen and oxygen atoms in total. The van der Waals surface area contributed by atoms with Gasteiger partial charge in [0.2, 0.25) is 0 Å². The summed E-state index contributed by atoms with van der Waals surface area (Å²) in [4.78, 5) is 0. The summed E-state index contributed by atoms with van der Waals surface area (Å²) < 4.78 is 0. The van der Waals surface area contributed by atoms with Crippen molar-refractivity contribution in [3.05, 3.63) is 95.6 Å². The molecule has 2 aromatic rings. The summed E-state index contributed by atoms with van der Waals surface area (Å²) in [7, 11) is 0. The first-order chi connectivity index (χ1) is 10.3. The van der Waals surface area contributed by atoms with Gasteiger partial charge in [0.15, 0.2) is 0 Å². The summed E-state index contributed by atoms with van der Waals surface area (Å²) in [5.41, 5.74) is 4.71. The van der Waals surface area contributed by atoms with Crippen LogP contribution in [-0.2, 0) is 6.42 Å². The lowest BCUT2D eigenvalue weighted by Crippen LogP contribution is -2.07. The fourth-order valence-electron chi connectivity index (χ4n) is 2.58. The van der Waals surface area contributed by atoms with Gasteiger partial charge >= 0.3 is 0 Å². The third-order valence-electron chi connectivity index (χ3n) is 3.79. The predicted molar refractivity (Wildman–Crippen MR) is 89.3 cm³/mol. The van der Waals surface area contributed by atoms with Crippen LogP contribution >= 0.6 is 0 Å². The summed E-state index contributed by atoms with van der Waals surface area (Å²) in [6.07, 6.45) is 2.80. The number of allylic oxidation sites excluding steroid dienone is 2. The van der Waals surface area contributed by atoms with Crippen LogP contribution in [0.5, 0.6) is 0 Å². The van der Waals surface area contributed by atoms with Gasteiger partial charge in [-0.3, -0.25) is 0 Å². The van der Waals surface area contributed by atoms with Crippen LogP contribution in [-0.4, -0.2) is 11.7 Å². The molecule has 2 rings (SSSR count). The number of aliphatic hydroxyl groups is 1. The highest BCUT2D eigenvalue weighted by Gasteiger charge is 2.16. The molecule has 2 aromatic carbocycles. The lowest BCUT2D eigenvalue weighted by atomic mass is 9.84. The number of hydrogen-bond donors (Lipinski definition) is 1. The van der Waals surface area contributed by atoms with Crippen LogP contribution in [0.3, 0.4) is 0 Å². The van der Waals surface area contributed by atoms with Gasteiger partial charge in [0.1, 0.15) is 0 Å². The van der Waals surface area contributed by atoms with E-state index in [1.807, 2.05) is 49.4 Å². The number of rotatable bonds is 6. The average Bonchev–Trinajstić information content (AvgIpc) is 2.56. The van der Waals surface area contributed by atoms with Crippen molar-refractivity contribution in [1.82, 2.24) is 0 Å². The Balaban J connectivity index is 2.38. The summed E-state index contributed by atoms with van der Waals surface area (Å²) in [5.74, 6) is 0.138. The van der Waals surface area contributed by atoms with Gasteiger partial charge in [-0.1, -0.05) is 72.3 Å². The van der Waals surface area contributed by atoms with E-state index in [-0.39, 0.29) is 12.5 Å². The van der Waals surface area contributed by atoms with E-state index in [4.69, 9.17) is 0 Å². The van der Waals surface area contributed by atoms with Gasteiger partial charge in [-0.2, -0.15) is 0 Å². The Kier molecular flexibility index (Phi) is 5.53. The van der Waals surface area contributed by atoms with Crippen molar-refractivity contribution in [1.29, 1.82) is 0 Å². The second-order valence-electron chi connectivity index (χ2n) is 5.25. The third-order valence-corrected chi connectivity index (χ3v) is 3.79. The largest absolute Gasteiger partial charge is 0.392 e. The van der Waals surface area contributed by atoms with Gasteiger partial charge in [-0.15, -0.1) is 6.58 Å². The fraction of sp³-hybridized carbons (Fsp3) is 0.200. The topological polar surface area (TPSA) is 20.2 Å². The molecular formula is C20H22O. The first kappa shape index (κ1) is 15.3. The molecule has 21 heavy (non-hydrogen) atoms. The van der Waals surface area contributed by atoms with Gasteiger partial charge < -0.3 is 5.11 Å². The van der Waals surface area contributed by atoms with Crippen LogP contribution in [0.2, 0.25) is 0 Å². The van der Waals surface area contributed by atoms with Crippen molar-refractivity contribution < 1.29 is 5.11 Å². The molecule has 0 radical (unpaired) electrons. The SMILES string of the molecule is C=CC(/C(Cc1ccccc1)=C(\C)CO)c1ccccc1. The molecule has 1 atom stereocenters. The molecule has 0 aliphatic rings. The van der Waals surface area contributed by atoms with Crippen LogP contribution in [0.4, 0.5) is 0 Å². The molecule has 0 spiro atoms. The molecule has 0 amide bonds. The smallest absolute Gasteiger partial charge is 0.0642 e. The van der Waals surface area contributed by atoms with Crippen molar-refractivity contribution >= 4 is 0 Å². The molecule has 0 aromatic heterocycles. The molecule has 1 heteroatoms.